The third-order valence-electron chi connectivity index (χ3n) is 3.21. The summed E-state index contributed by atoms with van der Waals surface area (Å²) in [6, 6.07) is 5.40. The fourth-order valence-corrected chi connectivity index (χ4v) is 1.53. The van der Waals surface area contributed by atoms with E-state index in [0.717, 1.165) is 12.5 Å². The highest BCUT2D eigenvalue weighted by Crippen LogP contribution is 2.17. The second-order valence-electron chi connectivity index (χ2n) is 5.40. The molecular formula is C15H20FN3O. The van der Waals surface area contributed by atoms with Gasteiger partial charge in [-0.2, -0.15) is 5.26 Å². The van der Waals surface area contributed by atoms with Gasteiger partial charge < -0.3 is 10.6 Å². The maximum atomic E-state index is 13.7. The highest BCUT2D eigenvalue weighted by Gasteiger charge is 2.22. The molecule has 0 spiro atoms. The Hall–Kier alpha value is -2.09. The number of benzene rings is 1. The molecule has 0 aliphatic heterocycles. The summed E-state index contributed by atoms with van der Waals surface area (Å²) in [7, 11) is 0. The van der Waals surface area contributed by atoms with Crippen LogP contribution in [0, 0.1) is 17.1 Å². The van der Waals surface area contributed by atoms with Gasteiger partial charge in [0.1, 0.15) is 11.9 Å². The van der Waals surface area contributed by atoms with Gasteiger partial charge in [-0.15, -0.1) is 0 Å². The summed E-state index contributed by atoms with van der Waals surface area (Å²) in [6.07, 6.45) is 0.802. The van der Waals surface area contributed by atoms with Gasteiger partial charge in [0, 0.05) is 5.54 Å². The monoisotopic (exact) mass is 277 g/mol. The van der Waals surface area contributed by atoms with Crippen LogP contribution in [0.15, 0.2) is 18.2 Å². The predicted molar refractivity (Wildman–Crippen MR) is 76.7 cm³/mol. The molecule has 0 saturated heterocycles. The van der Waals surface area contributed by atoms with Gasteiger partial charge in [0.2, 0.25) is 5.91 Å². The lowest BCUT2D eigenvalue weighted by molar-refractivity contribution is -0.123. The molecule has 1 aromatic carbocycles. The van der Waals surface area contributed by atoms with Crippen molar-refractivity contribution in [3.8, 4) is 6.07 Å². The minimum atomic E-state index is -0.566. The Kier molecular flexibility index (Phi) is 5.09. The highest BCUT2D eigenvalue weighted by molar-refractivity contribution is 5.84. The summed E-state index contributed by atoms with van der Waals surface area (Å²) < 4.78 is 13.7. The molecule has 0 radical (unpaired) electrons. The van der Waals surface area contributed by atoms with Gasteiger partial charge in [0.25, 0.3) is 0 Å². The van der Waals surface area contributed by atoms with Crippen molar-refractivity contribution >= 4 is 11.6 Å². The Morgan fingerprint density at radius 1 is 1.50 bits per heavy atom. The van der Waals surface area contributed by atoms with E-state index in [0.29, 0.717) is 0 Å². The van der Waals surface area contributed by atoms with E-state index in [1.165, 1.54) is 12.1 Å². The molecule has 1 aromatic rings. The van der Waals surface area contributed by atoms with Crippen molar-refractivity contribution in [2.45, 2.75) is 45.7 Å². The van der Waals surface area contributed by atoms with Crippen LogP contribution in [-0.4, -0.2) is 17.5 Å². The third-order valence-corrected chi connectivity index (χ3v) is 3.21. The van der Waals surface area contributed by atoms with Gasteiger partial charge in [-0.05, 0) is 45.4 Å². The maximum Gasteiger partial charge on any atom is 0.242 e. The SMILES string of the molecule is CCC(C)(C)NC(=O)C(C)Nc1ccc(C#N)cc1F. The number of hydrogen-bond donors (Lipinski definition) is 2. The molecule has 0 saturated carbocycles. The molecule has 1 amide bonds. The van der Waals surface area contributed by atoms with E-state index in [4.69, 9.17) is 5.26 Å². The third kappa shape index (κ3) is 4.23. The first-order valence-electron chi connectivity index (χ1n) is 6.57. The number of halogens is 1. The van der Waals surface area contributed by atoms with Crippen LogP contribution < -0.4 is 10.6 Å². The molecule has 5 heteroatoms. The Morgan fingerprint density at radius 2 is 2.15 bits per heavy atom. The zero-order valence-corrected chi connectivity index (χ0v) is 12.2. The smallest absolute Gasteiger partial charge is 0.242 e. The van der Waals surface area contributed by atoms with Crippen LogP contribution >= 0.6 is 0 Å². The van der Waals surface area contributed by atoms with Crippen LogP contribution in [0.2, 0.25) is 0 Å². The first-order chi connectivity index (χ1) is 9.29. The fraction of sp³-hybridized carbons (Fsp3) is 0.467. The van der Waals surface area contributed by atoms with Crippen LogP contribution in [0.1, 0.15) is 39.7 Å². The number of carbonyl (C=O) groups excluding carboxylic acids is 1. The number of hydrogen-bond acceptors (Lipinski definition) is 3. The van der Waals surface area contributed by atoms with Gasteiger partial charge in [0.05, 0.1) is 17.3 Å². The zero-order chi connectivity index (χ0) is 15.3. The van der Waals surface area contributed by atoms with Crippen LogP contribution in [0.5, 0.6) is 0 Å². The molecule has 0 aromatic heterocycles. The molecule has 0 bridgehead atoms. The fourth-order valence-electron chi connectivity index (χ4n) is 1.53. The van der Waals surface area contributed by atoms with Crippen LogP contribution in [-0.2, 0) is 4.79 Å². The normalized spacial score (nSPS) is 12.4. The molecule has 0 fully saturated rings. The summed E-state index contributed by atoms with van der Waals surface area (Å²) in [6.45, 7) is 7.51. The van der Waals surface area contributed by atoms with E-state index in [-0.39, 0.29) is 22.7 Å². The minimum Gasteiger partial charge on any atom is -0.372 e. The lowest BCUT2D eigenvalue weighted by atomic mass is 10.0. The van der Waals surface area contributed by atoms with E-state index < -0.39 is 11.9 Å². The number of anilines is 1. The van der Waals surface area contributed by atoms with E-state index in [1.54, 1.807) is 6.92 Å². The standard InChI is InChI=1S/C15H20FN3O/c1-5-15(3,4)19-14(20)10(2)18-13-7-6-11(9-17)8-12(13)16/h6-8,10,18H,5H2,1-4H3,(H,19,20). The minimum absolute atomic E-state index is 0.194. The van der Waals surface area contributed by atoms with Crippen molar-refractivity contribution in [3.63, 3.8) is 0 Å². The van der Waals surface area contributed by atoms with E-state index in [1.807, 2.05) is 26.8 Å². The molecule has 4 nitrogen and oxygen atoms in total. The summed E-state index contributed by atoms with van der Waals surface area (Å²) in [5.41, 5.74) is 0.161. The number of carbonyl (C=O) groups is 1. The average Bonchev–Trinajstić information content (AvgIpc) is 2.40. The molecule has 1 rings (SSSR count). The van der Waals surface area contributed by atoms with Gasteiger partial charge >= 0.3 is 0 Å². The van der Waals surface area contributed by atoms with E-state index in [9.17, 15) is 9.18 Å². The molecule has 0 aliphatic rings. The number of nitriles is 1. The second-order valence-corrected chi connectivity index (χ2v) is 5.40. The Balaban J connectivity index is 2.74. The topological polar surface area (TPSA) is 64.9 Å². The molecule has 20 heavy (non-hydrogen) atoms. The molecule has 2 N–H and O–H groups in total. The average molecular weight is 277 g/mol. The molecule has 108 valence electrons. The lowest BCUT2D eigenvalue weighted by Crippen LogP contribution is -2.48. The van der Waals surface area contributed by atoms with Crippen molar-refractivity contribution < 1.29 is 9.18 Å². The van der Waals surface area contributed by atoms with Crippen molar-refractivity contribution in [2.24, 2.45) is 0 Å². The second kappa shape index (κ2) is 6.38. The Labute approximate surface area is 119 Å². The lowest BCUT2D eigenvalue weighted by Gasteiger charge is -2.27. The van der Waals surface area contributed by atoms with Crippen molar-refractivity contribution in [3.05, 3.63) is 29.6 Å². The van der Waals surface area contributed by atoms with Gasteiger partial charge in [-0.25, -0.2) is 4.39 Å². The highest BCUT2D eigenvalue weighted by atomic mass is 19.1. The molecule has 1 unspecified atom stereocenters. The van der Waals surface area contributed by atoms with E-state index in [2.05, 4.69) is 10.6 Å². The molecule has 1 atom stereocenters. The van der Waals surface area contributed by atoms with Crippen LogP contribution in [0.4, 0.5) is 10.1 Å². The number of amides is 1. The van der Waals surface area contributed by atoms with Gasteiger partial charge in [-0.1, -0.05) is 6.92 Å². The largest absolute Gasteiger partial charge is 0.372 e. The van der Waals surface area contributed by atoms with Gasteiger partial charge in [0.15, 0.2) is 0 Å². The number of nitrogens with one attached hydrogen (secondary N) is 2. The summed E-state index contributed by atoms with van der Waals surface area (Å²) in [5.74, 6) is -0.737. The molecule has 0 aliphatic carbocycles. The number of rotatable bonds is 5. The van der Waals surface area contributed by atoms with Crippen LogP contribution in [0.25, 0.3) is 0 Å². The summed E-state index contributed by atoms with van der Waals surface area (Å²) in [5, 5.41) is 14.4. The summed E-state index contributed by atoms with van der Waals surface area (Å²) >= 11 is 0. The zero-order valence-electron chi connectivity index (χ0n) is 12.2. The van der Waals surface area contributed by atoms with Crippen molar-refractivity contribution in [1.82, 2.24) is 5.32 Å². The van der Waals surface area contributed by atoms with Crippen molar-refractivity contribution in [2.75, 3.05) is 5.32 Å². The van der Waals surface area contributed by atoms with Gasteiger partial charge in [-0.3, -0.25) is 4.79 Å². The number of nitrogens with zero attached hydrogens (tertiary/aromatic N) is 1. The van der Waals surface area contributed by atoms with E-state index >= 15 is 0 Å². The maximum absolute atomic E-state index is 13.7. The Morgan fingerprint density at radius 3 is 2.65 bits per heavy atom. The first-order valence-corrected chi connectivity index (χ1v) is 6.57. The molecular weight excluding hydrogens is 257 g/mol. The summed E-state index contributed by atoms with van der Waals surface area (Å²) in [4.78, 5) is 12.0. The first kappa shape index (κ1) is 16.0. The quantitative estimate of drug-likeness (QED) is 0.869. The Bertz CT molecular complexity index is 534. The van der Waals surface area contributed by atoms with Crippen LogP contribution in [0.3, 0.4) is 0 Å². The van der Waals surface area contributed by atoms with Crippen molar-refractivity contribution in [1.29, 1.82) is 5.26 Å². The molecule has 0 heterocycles. The predicted octanol–water partition coefficient (Wildman–Crippen LogP) is 2.80.